The third-order valence-corrected chi connectivity index (χ3v) is 3.59. The van der Waals surface area contributed by atoms with Gasteiger partial charge >= 0.3 is 7.25 Å². The molecule has 0 amide bonds. The Morgan fingerprint density at radius 1 is 1.10 bits per heavy atom. The van der Waals surface area contributed by atoms with Gasteiger partial charge in [-0.3, -0.25) is 4.90 Å². The summed E-state index contributed by atoms with van der Waals surface area (Å²) in [6.07, 6.45) is 11.0. The maximum atomic E-state index is 9.75. The smallest absolute Gasteiger partial charge is 0.418 e. The summed E-state index contributed by atoms with van der Waals surface area (Å²) in [6, 6.07) is 0.692. The molecule has 1 unspecified atom stereocenters. The molecular formula is C13H23BF4N2. The number of rotatable bonds is 2. The number of nitrogens with zero attached hydrogens (tertiary/aromatic N) is 1. The van der Waals surface area contributed by atoms with E-state index in [1.807, 2.05) is 6.08 Å². The lowest BCUT2D eigenvalue weighted by Gasteiger charge is -2.36. The van der Waals surface area contributed by atoms with Gasteiger partial charge in [0.1, 0.15) is 5.70 Å². The van der Waals surface area contributed by atoms with Crippen LogP contribution in [-0.2, 0) is 0 Å². The van der Waals surface area contributed by atoms with Gasteiger partial charge in [-0.1, -0.05) is 19.1 Å². The van der Waals surface area contributed by atoms with Gasteiger partial charge in [-0.2, -0.15) is 0 Å². The quantitative estimate of drug-likeness (QED) is 0.613. The summed E-state index contributed by atoms with van der Waals surface area (Å²) in [6.45, 7) is 7.67. The SMILES string of the molecule is C=CC=C1[NH2+]CCCC1N1CCCCC1.F[B-](F)(F)F. The van der Waals surface area contributed by atoms with Crippen LogP contribution in [0.3, 0.4) is 0 Å². The second-order valence-electron chi connectivity index (χ2n) is 5.14. The molecule has 0 aromatic heterocycles. The Bertz CT molecular complexity index is 319. The van der Waals surface area contributed by atoms with Crippen LogP contribution in [0.25, 0.3) is 0 Å². The molecule has 0 aromatic rings. The number of nitrogens with two attached hydrogens (primary N) is 1. The lowest BCUT2D eigenvalue weighted by atomic mass is 9.98. The number of quaternary nitrogens is 1. The standard InChI is InChI=1S/C13H22N2.BF4/c1-2-7-12-13(8-6-9-14-12)15-10-4-3-5-11-15;2-1(3,4)5/h2,7,13-14H,1,3-6,8-11H2;/q;-1/p+1. The molecule has 2 nitrogen and oxygen atoms in total. The fourth-order valence-electron chi connectivity index (χ4n) is 2.82. The van der Waals surface area contributed by atoms with Gasteiger partial charge in [0.05, 0.1) is 12.6 Å². The molecule has 0 spiro atoms. The van der Waals surface area contributed by atoms with E-state index in [2.05, 4.69) is 22.9 Å². The summed E-state index contributed by atoms with van der Waals surface area (Å²) in [4.78, 5) is 2.68. The maximum Gasteiger partial charge on any atom is 0.673 e. The Kier molecular flexibility index (Phi) is 7.30. The largest absolute Gasteiger partial charge is 0.673 e. The third-order valence-electron chi connectivity index (χ3n) is 3.59. The molecule has 0 bridgehead atoms. The van der Waals surface area contributed by atoms with E-state index in [1.165, 1.54) is 57.4 Å². The maximum absolute atomic E-state index is 9.75. The van der Waals surface area contributed by atoms with Gasteiger partial charge in [0.25, 0.3) is 0 Å². The van der Waals surface area contributed by atoms with E-state index in [0.717, 1.165) is 0 Å². The summed E-state index contributed by atoms with van der Waals surface area (Å²) >= 11 is 0. The Hall–Kier alpha value is -0.815. The first kappa shape index (κ1) is 17.2. The van der Waals surface area contributed by atoms with Crippen LogP contribution in [0.4, 0.5) is 17.3 Å². The van der Waals surface area contributed by atoms with Gasteiger partial charge < -0.3 is 22.6 Å². The van der Waals surface area contributed by atoms with Crippen molar-refractivity contribution in [2.75, 3.05) is 19.6 Å². The molecule has 2 aliphatic rings. The van der Waals surface area contributed by atoms with Crippen molar-refractivity contribution in [2.24, 2.45) is 0 Å². The Morgan fingerprint density at radius 2 is 1.70 bits per heavy atom. The zero-order valence-electron chi connectivity index (χ0n) is 11.7. The summed E-state index contributed by atoms with van der Waals surface area (Å²) < 4.78 is 39.0. The van der Waals surface area contributed by atoms with E-state index in [4.69, 9.17) is 0 Å². The monoisotopic (exact) mass is 294 g/mol. The van der Waals surface area contributed by atoms with E-state index in [9.17, 15) is 17.3 Å². The Labute approximate surface area is 118 Å². The van der Waals surface area contributed by atoms with Gasteiger partial charge in [-0.15, -0.1) is 0 Å². The molecule has 20 heavy (non-hydrogen) atoms. The van der Waals surface area contributed by atoms with Gasteiger partial charge in [-0.25, -0.2) is 0 Å². The van der Waals surface area contributed by atoms with Crippen molar-refractivity contribution < 1.29 is 22.6 Å². The van der Waals surface area contributed by atoms with Gasteiger partial charge in [0.15, 0.2) is 0 Å². The summed E-state index contributed by atoms with van der Waals surface area (Å²) in [5.74, 6) is 0. The molecule has 1 atom stereocenters. The molecule has 0 aromatic carbocycles. The number of hydrogen-bond donors (Lipinski definition) is 1. The van der Waals surface area contributed by atoms with Crippen molar-refractivity contribution in [3.05, 3.63) is 24.4 Å². The number of likely N-dealkylation sites (tertiary alicyclic amines) is 1. The van der Waals surface area contributed by atoms with E-state index >= 15 is 0 Å². The van der Waals surface area contributed by atoms with Crippen LogP contribution >= 0.6 is 0 Å². The summed E-state index contributed by atoms with van der Waals surface area (Å²) in [5, 5.41) is 2.41. The van der Waals surface area contributed by atoms with Crippen molar-refractivity contribution >= 4 is 7.25 Å². The van der Waals surface area contributed by atoms with E-state index in [1.54, 1.807) is 0 Å². The highest BCUT2D eigenvalue weighted by atomic mass is 19.5. The minimum atomic E-state index is -6.00. The molecular weight excluding hydrogens is 271 g/mol. The normalized spacial score (nSPS) is 26.8. The Balaban J connectivity index is 0.000000347. The molecule has 7 heteroatoms. The third kappa shape index (κ3) is 7.10. The minimum absolute atomic E-state index is 0.692. The van der Waals surface area contributed by atoms with Gasteiger partial charge in [0, 0.05) is 0 Å². The number of piperidine rings is 2. The topological polar surface area (TPSA) is 19.9 Å². The van der Waals surface area contributed by atoms with Crippen molar-refractivity contribution in [2.45, 2.75) is 38.1 Å². The van der Waals surface area contributed by atoms with Crippen LogP contribution in [0, 0.1) is 0 Å². The minimum Gasteiger partial charge on any atom is -0.418 e. The Morgan fingerprint density at radius 3 is 2.25 bits per heavy atom. The lowest BCUT2D eigenvalue weighted by Crippen LogP contribution is -2.86. The molecule has 2 heterocycles. The highest BCUT2D eigenvalue weighted by molar-refractivity contribution is 6.50. The average molecular weight is 294 g/mol. The highest BCUT2D eigenvalue weighted by Gasteiger charge is 2.28. The van der Waals surface area contributed by atoms with Crippen molar-refractivity contribution in [1.82, 2.24) is 4.90 Å². The summed E-state index contributed by atoms with van der Waals surface area (Å²) in [5.41, 5.74) is 1.51. The van der Waals surface area contributed by atoms with E-state index < -0.39 is 7.25 Å². The molecule has 0 saturated carbocycles. The molecule has 0 aliphatic carbocycles. The van der Waals surface area contributed by atoms with Crippen molar-refractivity contribution in [1.29, 1.82) is 0 Å². The van der Waals surface area contributed by atoms with Crippen LogP contribution in [-0.4, -0.2) is 37.8 Å². The fourth-order valence-corrected chi connectivity index (χ4v) is 2.82. The number of hydrogen-bond acceptors (Lipinski definition) is 1. The molecule has 2 N–H and O–H groups in total. The van der Waals surface area contributed by atoms with Crippen molar-refractivity contribution in [3.63, 3.8) is 0 Å². The molecule has 116 valence electrons. The van der Waals surface area contributed by atoms with Crippen LogP contribution in [0.2, 0.25) is 0 Å². The first-order chi connectivity index (χ1) is 9.42. The fraction of sp³-hybridized carbons (Fsp3) is 0.692. The van der Waals surface area contributed by atoms with Gasteiger partial charge in [0.2, 0.25) is 0 Å². The van der Waals surface area contributed by atoms with Crippen LogP contribution < -0.4 is 5.32 Å². The second-order valence-corrected chi connectivity index (χ2v) is 5.14. The number of allylic oxidation sites excluding steroid dienone is 2. The predicted octanol–water partition coefficient (Wildman–Crippen LogP) is 2.57. The van der Waals surface area contributed by atoms with Crippen LogP contribution in [0.5, 0.6) is 0 Å². The average Bonchev–Trinajstić information content (AvgIpc) is 2.39. The predicted molar refractivity (Wildman–Crippen MR) is 73.7 cm³/mol. The second kappa shape index (κ2) is 8.47. The molecule has 2 fully saturated rings. The molecule has 0 radical (unpaired) electrons. The first-order valence-corrected chi connectivity index (χ1v) is 7.19. The molecule has 2 saturated heterocycles. The number of halogens is 4. The summed E-state index contributed by atoms with van der Waals surface area (Å²) in [7, 11) is -6.00. The van der Waals surface area contributed by atoms with E-state index in [0.29, 0.717) is 6.04 Å². The highest BCUT2D eigenvalue weighted by Crippen LogP contribution is 2.19. The first-order valence-electron chi connectivity index (χ1n) is 7.19. The zero-order chi connectivity index (χ0) is 15.0. The van der Waals surface area contributed by atoms with Crippen LogP contribution in [0.15, 0.2) is 24.4 Å². The lowest BCUT2D eigenvalue weighted by molar-refractivity contribution is -0.619. The van der Waals surface area contributed by atoms with Crippen molar-refractivity contribution in [3.8, 4) is 0 Å². The molecule has 2 rings (SSSR count). The van der Waals surface area contributed by atoms with E-state index in [-0.39, 0.29) is 0 Å². The van der Waals surface area contributed by atoms with Gasteiger partial charge in [-0.05, 0) is 44.8 Å². The molecule has 2 aliphatic heterocycles. The zero-order valence-corrected chi connectivity index (χ0v) is 11.7. The van der Waals surface area contributed by atoms with Crippen LogP contribution in [0.1, 0.15) is 32.1 Å².